The molecule has 1 rings (SSSR count). The van der Waals surface area contributed by atoms with Crippen LogP contribution in [0, 0.1) is 0 Å². The van der Waals surface area contributed by atoms with Gasteiger partial charge in [0.15, 0.2) is 11.5 Å². The molecule has 0 fully saturated rings. The van der Waals surface area contributed by atoms with Gasteiger partial charge in [0.2, 0.25) is 0 Å². The van der Waals surface area contributed by atoms with Crippen LogP contribution in [-0.2, 0) is 6.42 Å². The van der Waals surface area contributed by atoms with Crippen LogP contribution in [0.15, 0.2) is 18.2 Å². The second-order valence-corrected chi connectivity index (χ2v) is 4.41. The van der Waals surface area contributed by atoms with Crippen molar-refractivity contribution >= 4 is 0 Å². The lowest BCUT2D eigenvalue weighted by molar-refractivity contribution is -0.136. The van der Waals surface area contributed by atoms with E-state index in [-0.39, 0.29) is 6.42 Å². The van der Waals surface area contributed by atoms with Crippen molar-refractivity contribution in [1.29, 1.82) is 0 Å². The number of halogens is 3. The molecule has 0 aliphatic rings. The van der Waals surface area contributed by atoms with Crippen LogP contribution >= 0.6 is 0 Å². The van der Waals surface area contributed by atoms with Gasteiger partial charge < -0.3 is 9.47 Å². The molecule has 1 aromatic rings. The first-order valence-electron chi connectivity index (χ1n) is 6.13. The van der Waals surface area contributed by atoms with E-state index >= 15 is 0 Å². The molecule has 0 spiro atoms. The molecule has 7 heteroatoms. The first-order chi connectivity index (χ1) is 9.39. The largest absolute Gasteiger partial charge is 0.493 e. The van der Waals surface area contributed by atoms with Crippen molar-refractivity contribution in [2.24, 2.45) is 5.84 Å². The molecule has 4 nitrogen and oxygen atoms in total. The van der Waals surface area contributed by atoms with Crippen LogP contribution in [0.2, 0.25) is 0 Å². The summed E-state index contributed by atoms with van der Waals surface area (Å²) in [6.07, 6.45) is -4.73. The lowest BCUT2D eigenvalue weighted by Gasteiger charge is -2.18. The summed E-state index contributed by atoms with van der Waals surface area (Å²) in [5.41, 5.74) is 3.24. The van der Waals surface area contributed by atoms with Gasteiger partial charge in [-0.2, -0.15) is 13.2 Å². The Hall–Kier alpha value is -1.47. The van der Waals surface area contributed by atoms with E-state index < -0.39 is 18.6 Å². The molecule has 0 saturated carbocycles. The second kappa shape index (κ2) is 7.35. The van der Waals surface area contributed by atoms with Gasteiger partial charge in [-0.3, -0.25) is 11.3 Å². The molecule has 0 bridgehead atoms. The second-order valence-electron chi connectivity index (χ2n) is 4.41. The van der Waals surface area contributed by atoms with Crippen LogP contribution in [-0.4, -0.2) is 26.4 Å². The third kappa shape index (κ3) is 5.26. The number of hydrogen-bond donors (Lipinski definition) is 2. The molecule has 1 aromatic carbocycles. The number of rotatable bonds is 7. The quantitative estimate of drug-likeness (QED) is 0.598. The van der Waals surface area contributed by atoms with E-state index in [2.05, 4.69) is 5.43 Å². The molecule has 1 unspecified atom stereocenters. The van der Waals surface area contributed by atoms with Crippen molar-refractivity contribution < 1.29 is 22.6 Å². The summed E-state index contributed by atoms with van der Waals surface area (Å²) < 4.78 is 46.9. The Morgan fingerprint density at radius 2 is 1.85 bits per heavy atom. The minimum Gasteiger partial charge on any atom is -0.493 e. The SMILES string of the molecule is COc1ccc(CC(CCC(F)(F)F)NN)cc1OC. The zero-order chi connectivity index (χ0) is 15.2. The summed E-state index contributed by atoms with van der Waals surface area (Å²) in [6.45, 7) is 0. The van der Waals surface area contributed by atoms with Crippen LogP contribution in [0.4, 0.5) is 13.2 Å². The molecule has 1 atom stereocenters. The number of benzene rings is 1. The van der Waals surface area contributed by atoms with E-state index in [4.69, 9.17) is 15.3 Å². The fraction of sp³-hybridized carbons (Fsp3) is 0.538. The molecule has 0 heterocycles. The molecule has 0 amide bonds. The van der Waals surface area contributed by atoms with E-state index in [1.165, 1.54) is 14.2 Å². The maximum absolute atomic E-state index is 12.2. The zero-order valence-corrected chi connectivity index (χ0v) is 11.5. The molecular weight excluding hydrogens is 273 g/mol. The summed E-state index contributed by atoms with van der Waals surface area (Å²) >= 11 is 0. The van der Waals surface area contributed by atoms with Gasteiger partial charge >= 0.3 is 6.18 Å². The Morgan fingerprint density at radius 1 is 1.20 bits per heavy atom. The first kappa shape index (κ1) is 16.6. The Balaban J connectivity index is 2.70. The van der Waals surface area contributed by atoms with E-state index in [1.807, 2.05) is 0 Å². The monoisotopic (exact) mass is 292 g/mol. The Labute approximate surface area is 116 Å². The van der Waals surface area contributed by atoms with Gasteiger partial charge in [0.1, 0.15) is 0 Å². The third-order valence-electron chi connectivity index (χ3n) is 2.94. The molecule has 0 aromatic heterocycles. The van der Waals surface area contributed by atoms with Gasteiger partial charge in [-0.25, -0.2) is 0 Å². The highest BCUT2D eigenvalue weighted by atomic mass is 19.4. The summed E-state index contributed by atoms with van der Waals surface area (Å²) in [5, 5.41) is 0. The molecule has 0 aliphatic carbocycles. The zero-order valence-electron chi connectivity index (χ0n) is 11.5. The topological polar surface area (TPSA) is 56.5 Å². The summed E-state index contributed by atoms with van der Waals surface area (Å²) in [5.74, 6) is 6.41. The minimum atomic E-state index is -4.17. The number of nitrogens with two attached hydrogens (primary N) is 1. The van der Waals surface area contributed by atoms with Crippen LogP contribution < -0.4 is 20.7 Å². The van der Waals surface area contributed by atoms with Crippen LogP contribution in [0.3, 0.4) is 0 Å². The van der Waals surface area contributed by atoms with Crippen LogP contribution in [0.5, 0.6) is 11.5 Å². The molecular formula is C13H19F3N2O2. The van der Waals surface area contributed by atoms with Crippen molar-refractivity contribution in [2.45, 2.75) is 31.5 Å². The van der Waals surface area contributed by atoms with Crippen molar-refractivity contribution in [3.63, 3.8) is 0 Å². The summed E-state index contributed by atoms with van der Waals surface area (Å²) in [4.78, 5) is 0. The van der Waals surface area contributed by atoms with Gasteiger partial charge in [-0.15, -0.1) is 0 Å². The molecule has 3 N–H and O–H groups in total. The number of nitrogens with one attached hydrogen (secondary N) is 1. The normalized spacial score (nSPS) is 13.1. The fourth-order valence-electron chi connectivity index (χ4n) is 1.87. The predicted molar refractivity (Wildman–Crippen MR) is 69.7 cm³/mol. The van der Waals surface area contributed by atoms with E-state index in [0.717, 1.165) is 5.56 Å². The highest BCUT2D eigenvalue weighted by Gasteiger charge is 2.28. The standard InChI is InChI=1S/C13H19F3N2O2/c1-19-11-4-3-9(8-12(11)20-2)7-10(18-17)5-6-13(14,15)16/h3-4,8,10,18H,5-7,17H2,1-2H3. The average Bonchev–Trinajstić information content (AvgIpc) is 2.42. The van der Waals surface area contributed by atoms with Crippen LogP contribution in [0.1, 0.15) is 18.4 Å². The van der Waals surface area contributed by atoms with Gasteiger partial charge in [0.05, 0.1) is 14.2 Å². The molecule has 0 saturated heterocycles. The predicted octanol–water partition coefficient (Wildman–Crippen LogP) is 2.42. The minimum absolute atomic E-state index is 0.0751. The highest BCUT2D eigenvalue weighted by Crippen LogP contribution is 2.29. The Morgan fingerprint density at radius 3 is 2.35 bits per heavy atom. The lowest BCUT2D eigenvalue weighted by atomic mass is 10.0. The number of alkyl halides is 3. The van der Waals surface area contributed by atoms with E-state index in [9.17, 15) is 13.2 Å². The fourth-order valence-corrected chi connectivity index (χ4v) is 1.87. The first-order valence-corrected chi connectivity index (χ1v) is 6.13. The summed E-state index contributed by atoms with van der Waals surface area (Å²) in [6, 6.07) is 4.77. The maximum Gasteiger partial charge on any atom is 0.389 e. The van der Waals surface area contributed by atoms with Crippen molar-refractivity contribution in [3.05, 3.63) is 23.8 Å². The lowest BCUT2D eigenvalue weighted by Crippen LogP contribution is -2.37. The number of hydrogen-bond acceptors (Lipinski definition) is 4. The van der Waals surface area contributed by atoms with Crippen molar-refractivity contribution in [3.8, 4) is 11.5 Å². The third-order valence-corrected chi connectivity index (χ3v) is 2.94. The summed E-state index contributed by atoms with van der Waals surface area (Å²) in [7, 11) is 3.02. The smallest absolute Gasteiger partial charge is 0.389 e. The maximum atomic E-state index is 12.2. The average molecular weight is 292 g/mol. The van der Waals surface area contributed by atoms with Gasteiger partial charge in [0, 0.05) is 12.5 Å². The van der Waals surface area contributed by atoms with Crippen molar-refractivity contribution in [1.82, 2.24) is 5.43 Å². The number of hydrazine groups is 1. The van der Waals surface area contributed by atoms with Gasteiger partial charge in [-0.1, -0.05) is 6.07 Å². The van der Waals surface area contributed by atoms with Gasteiger partial charge in [-0.05, 0) is 30.5 Å². The number of ether oxygens (including phenoxy) is 2. The van der Waals surface area contributed by atoms with E-state index in [0.29, 0.717) is 17.9 Å². The molecule has 114 valence electrons. The van der Waals surface area contributed by atoms with Crippen LogP contribution in [0.25, 0.3) is 0 Å². The van der Waals surface area contributed by atoms with E-state index in [1.54, 1.807) is 18.2 Å². The molecule has 0 radical (unpaired) electrons. The van der Waals surface area contributed by atoms with Gasteiger partial charge in [0.25, 0.3) is 0 Å². The molecule has 20 heavy (non-hydrogen) atoms. The number of methoxy groups -OCH3 is 2. The molecule has 0 aliphatic heterocycles. The Bertz CT molecular complexity index is 425. The van der Waals surface area contributed by atoms with Crippen molar-refractivity contribution in [2.75, 3.05) is 14.2 Å². The Kier molecular flexibility index (Phi) is 6.09. The highest BCUT2D eigenvalue weighted by molar-refractivity contribution is 5.43.